The summed E-state index contributed by atoms with van der Waals surface area (Å²) in [7, 11) is 1.56. The van der Waals surface area contributed by atoms with Gasteiger partial charge in [0.1, 0.15) is 5.52 Å². The number of nitrogens with one attached hydrogen (secondary N) is 1. The van der Waals surface area contributed by atoms with Crippen LogP contribution in [0.4, 0.5) is 11.4 Å². The molecule has 0 saturated heterocycles. The summed E-state index contributed by atoms with van der Waals surface area (Å²) in [5.74, 6) is -1.35. The smallest absolute Gasteiger partial charge is 0.335 e. The van der Waals surface area contributed by atoms with E-state index < -0.39 is 11.9 Å². The third-order valence-electron chi connectivity index (χ3n) is 7.03. The van der Waals surface area contributed by atoms with E-state index in [1.54, 1.807) is 19.2 Å². The number of aldehydes is 1. The summed E-state index contributed by atoms with van der Waals surface area (Å²) >= 11 is 6.21. The molecule has 8 nitrogen and oxygen atoms in total. The van der Waals surface area contributed by atoms with Gasteiger partial charge in [-0.05, 0) is 84.6 Å². The van der Waals surface area contributed by atoms with Crippen molar-refractivity contribution in [2.75, 3.05) is 23.8 Å². The van der Waals surface area contributed by atoms with Crippen LogP contribution in [0.15, 0.2) is 77.2 Å². The highest BCUT2D eigenvalue weighted by molar-refractivity contribution is 6.31. The minimum atomic E-state index is -1.19. The SMILES string of the molecule is CCCNc1ccc(N(C)C(=O)c2cc(C(=O)O)ccc2C=O)cc1-c1nc2cc(-c3ccc(Cl)c(C)c3)ccc2o1. The number of fused-ring (bicyclic) bond motifs is 1. The van der Waals surface area contributed by atoms with Crippen LogP contribution in [0.3, 0.4) is 0 Å². The molecule has 0 unspecified atom stereocenters. The van der Waals surface area contributed by atoms with Crippen LogP contribution in [-0.2, 0) is 0 Å². The van der Waals surface area contributed by atoms with Gasteiger partial charge in [0.2, 0.25) is 5.89 Å². The molecular formula is C33H28ClN3O5. The van der Waals surface area contributed by atoms with Crippen molar-refractivity contribution in [1.29, 1.82) is 0 Å². The Bertz CT molecular complexity index is 1850. The molecule has 0 fully saturated rings. The average Bonchev–Trinajstić information content (AvgIpc) is 3.43. The number of aromatic carboxylic acids is 1. The van der Waals surface area contributed by atoms with Crippen molar-refractivity contribution in [2.45, 2.75) is 20.3 Å². The van der Waals surface area contributed by atoms with Crippen molar-refractivity contribution in [3.63, 3.8) is 0 Å². The van der Waals surface area contributed by atoms with Gasteiger partial charge in [-0.15, -0.1) is 0 Å². The molecule has 0 aliphatic rings. The Morgan fingerprint density at radius 3 is 2.50 bits per heavy atom. The van der Waals surface area contributed by atoms with Crippen LogP contribution in [0.1, 0.15) is 50.0 Å². The second kappa shape index (κ2) is 11.9. The first-order chi connectivity index (χ1) is 20.2. The minimum Gasteiger partial charge on any atom is -0.478 e. The molecule has 212 valence electrons. The molecule has 4 aromatic carbocycles. The van der Waals surface area contributed by atoms with Crippen molar-refractivity contribution in [2.24, 2.45) is 0 Å². The van der Waals surface area contributed by atoms with Crippen molar-refractivity contribution < 1.29 is 23.9 Å². The van der Waals surface area contributed by atoms with Gasteiger partial charge in [-0.1, -0.05) is 36.7 Å². The number of rotatable bonds is 9. The maximum atomic E-state index is 13.5. The molecule has 0 bridgehead atoms. The van der Waals surface area contributed by atoms with E-state index in [0.29, 0.717) is 46.1 Å². The molecule has 0 spiro atoms. The molecule has 0 saturated carbocycles. The van der Waals surface area contributed by atoms with E-state index >= 15 is 0 Å². The van der Waals surface area contributed by atoms with Crippen LogP contribution in [-0.4, -0.2) is 41.8 Å². The molecule has 1 amide bonds. The number of carbonyl (C=O) groups excluding carboxylic acids is 2. The van der Waals surface area contributed by atoms with Gasteiger partial charge < -0.3 is 19.7 Å². The Labute approximate surface area is 247 Å². The van der Waals surface area contributed by atoms with Gasteiger partial charge in [-0.25, -0.2) is 9.78 Å². The first kappa shape index (κ1) is 28.6. The molecule has 0 aliphatic heterocycles. The van der Waals surface area contributed by atoms with Gasteiger partial charge in [-0.2, -0.15) is 0 Å². The van der Waals surface area contributed by atoms with E-state index in [4.69, 9.17) is 21.0 Å². The molecular weight excluding hydrogens is 554 g/mol. The van der Waals surface area contributed by atoms with E-state index in [-0.39, 0.29) is 16.7 Å². The number of aryl methyl sites for hydroxylation is 1. The minimum absolute atomic E-state index is 0.00559. The lowest BCUT2D eigenvalue weighted by atomic mass is 10.0. The first-order valence-electron chi connectivity index (χ1n) is 13.4. The lowest BCUT2D eigenvalue weighted by Gasteiger charge is -2.20. The van der Waals surface area contributed by atoms with Gasteiger partial charge in [0.25, 0.3) is 5.91 Å². The van der Waals surface area contributed by atoms with Crippen LogP contribution in [0.5, 0.6) is 0 Å². The number of amides is 1. The normalized spacial score (nSPS) is 11.0. The Morgan fingerprint density at radius 1 is 1.02 bits per heavy atom. The molecule has 2 N–H and O–H groups in total. The third kappa shape index (κ3) is 5.62. The van der Waals surface area contributed by atoms with Gasteiger partial charge in [-0.3, -0.25) is 9.59 Å². The lowest BCUT2D eigenvalue weighted by Crippen LogP contribution is -2.27. The number of carboxylic acid groups (broad SMARTS) is 1. The molecule has 0 radical (unpaired) electrons. The zero-order valence-electron chi connectivity index (χ0n) is 23.3. The number of oxazole rings is 1. The summed E-state index contributed by atoms with van der Waals surface area (Å²) in [5, 5.41) is 13.5. The summed E-state index contributed by atoms with van der Waals surface area (Å²) in [6.45, 7) is 4.73. The van der Waals surface area contributed by atoms with E-state index in [2.05, 4.69) is 12.2 Å². The summed E-state index contributed by atoms with van der Waals surface area (Å²) in [5.41, 5.74) is 6.19. The summed E-state index contributed by atoms with van der Waals surface area (Å²) < 4.78 is 6.18. The standard InChI is InChI=1S/C33H28ClN3O5/c1-4-13-35-28-11-9-24(37(3)32(39)25-15-22(33(40)41)5-6-23(25)18-38)17-26(28)31-36-29-16-21(8-12-30(29)42-31)20-7-10-27(34)19(2)14-20/h5-12,14-18,35H,4,13H2,1-3H3,(H,40,41). The number of nitrogens with zero attached hydrogens (tertiary/aromatic N) is 2. The van der Waals surface area contributed by atoms with Crippen LogP contribution in [0.2, 0.25) is 5.02 Å². The molecule has 9 heteroatoms. The largest absolute Gasteiger partial charge is 0.478 e. The topological polar surface area (TPSA) is 113 Å². The number of carboxylic acids is 1. The highest BCUT2D eigenvalue weighted by atomic mass is 35.5. The zero-order valence-corrected chi connectivity index (χ0v) is 24.0. The highest BCUT2D eigenvalue weighted by Crippen LogP contribution is 2.35. The van der Waals surface area contributed by atoms with E-state index in [0.717, 1.165) is 28.8 Å². The Morgan fingerprint density at radius 2 is 1.79 bits per heavy atom. The predicted octanol–water partition coefficient (Wildman–Crippen LogP) is 7.73. The summed E-state index contributed by atoms with van der Waals surface area (Å²) in [4.78, 5) is 42.8. The quantitative estimate of drug-likeness (QED) is 0.171. The second-order valence-corrected chi connectivity index (χ2v) is 10.3. The van der Waals surface area contributed by atoms with Crippen molar-refractivity contribution in [3.8, 4) is 22.6 Å². The number of anilines is 2. The maximum absolute atomic E-state index is 13.5. The molecule has 1 aromatic heterocycles. The van der Waals surface area contributed by atoms with Gasteiger partial charge in [0.05, 0.1) is 16.7 Å². The van der Waals surface area contributed by atoms with Gasteiger partial charge in [0, 0.05) is 35.6 Å². The fourth-order valence-electron chi connectivity index (χ4n) is 4.65. The molecule has 1 heterocycles. The van der Waals surface area contributed by atoms with Crippen LogP contribution in [0.25, 0.3) is 33.7 Å². The van der Waals surface area contributed by atoms with Crippen LogP contribution >= 0.6 is 11.6 Å². The van der Waals surface area contributed by atoms with Crippen LogP contribution < -0.4 is 10.2 Å². The number of hydrogen-bond acceptors (Lipinski definition) is 6. The number of aromatic nitrogens is 1. The summed E-state index contributed by atoms with van der Waals surface area (Å²) in [6.07, 6.45) is 1.43. The zero-order chi connectivity index (χ0) is 30.0. The van der Waals surface area contributed by atoms with Crippen LogP contribution in [0, 0.1) is 6.92 Å². The molecule has 0 aliphatic carbocycles. The number of hydrogen-bond donors (Lipinski definition) is 2. The van der Waals surface area contributed by atoms with Crippen molar-refractivity contribution in [3.05, 3.63) is 100 Å². The number of halogens is 1. The van der Waals surface area contributed by atoms with E-state index in [1.807, 2.05) is 49.4 Å². The molecule has 42 heavy (non-hydrogen) atoms. The number of carbonyl (C=O) groups is 3. The Balaban J connectivity index is 1.55. The van der Waals surface area contributed by atoms with Crippen molar-refractivity contribution >= 4 is 52.2 Å². The van der Waals surface area contributed by atoms with E-state index in [9.17, 15) is 19.5 Å². The van der Waals surface area contributed by atoms with Gasteiger partial charge >= 0.3 is 5.97 Å². The fourth-order valence-corrected chi connectivity index (χ4v) is 4.77. The first-order valence-corrected chi connectivity index (χ1v) is 13.7. The Kier molecular flexibility index (Phi) is 8.08. The lowest BCUT2D eigenvalue weighted by molar-refractivity contribution is 0.0696. The highest BCUT2D eigenvalue weighted by Gasteiger charge is 2.22. The van der Waals surface area contributed by atoms with Gasteiger partial charge in [0.15, 0.2) is 11.9 Å². The Hall–Kier alpha value is -4.95. The average molecular weight is 582 g/mol. The summed E-state index contributed by atoms with van der Waals surface area (Å²) in [6, 6.07) is 20.9. The van der Waals surface area contributed by atoms with E-state index in [1.165, 1.54) is 23.1 Å². The molecule has 5 rings (SSSR count). The molecule has 5 aromatic rings. The van der Waals surface area contributed by atoms with Crippen molar-refractivity contribution in [1.82, 2.24) is 4.98 Å². The fraction of sp³-hybridized carbons (Fsp3) is 0.152. The second-order valence-electron chi connectivity index (χ2n) is 9.91. The predicted molar refractivity (Wildman–Crippen MR) is 165 cm³/mol. The monoisotopic (exact) mass is 581 g/mol. The number of benzene rings is 4. The maximum Gasteiger partial charge on any atom is 0.335 e. The third-order valence-corrected chi connectivity index (χ3v) is 7.45. The molecule has 0 atom stereocenters.